The summed E-state index contributed by atoms with van der Waals surface area (Å²) in [6.45, 7) is 1.40. The van der Waals surface area contributed by atoms with Crippen molar-refractivity contribution in [2.45, 2.75) is 13.0 Å². The van der Waals surface area contributed by atoms with E-state index in [1.165, 1.54) is 19.1 Å². The van der Waals surface area contributed by atoms with Crippen molar-refractivity contribution in [3.63, 3.8) is 0 Å². The van der Waals surface area contributed by atoms with E-state index >= 15 is 0 Å². The number of carbonyl (C=O) groups excluding carboxylic acids is 3. The van der Waals surface area contributed by atoms with E-state index in [1.807, 2.05) is 0 Å². The second-order valence-electron chi connectivity index (χ2n) is 5.35. The Hall–Kier alpha value is -3.13. The first-order chi connectivity index (χ1) is 12.3. The van der Waals surface area contributed by atoms with Gasteiger partial charge in [0.1, 0.15) is 11.9 Å². The molecule has 5 N–H and O–H groups in total. The smallest absolute Gasteiger partial charge is 0.313 e. The zero-order chi connectivity index (χ0) is 19.3. The number of carbonyl (C=O) groups is 3. The molecule has 0 heterocycles. The van der Waals surface area contributed by atoms with Crippen LogP contribution in [0.3, 0.4) is 0 Å². The van der Waals surface area contributed by atoms with E-state index in [0.29, 0.717) is 11.4 Å². The van der Waals surface area contributed by atoms with Gasteiger partial charge in [-0.2, -0.15) is 0 Å². The van der Waals surface area contributed by atoms with Gasteiger partial charge in [0.25, 0.3) is 0 Å². The molecule has 2 aromatic rings. The number of benzene rings is 2. The SMILES string of the molecule is C[C@@H](NC(=O)C(=O)Nc1ccc(Cl)c(F)c1)C(=O)Nc1ccccc1N. The molecule has 0 aromatic heterocycles. The Kier molecular flexibility index (Phi) is 6.13. The molecule has 136 valence electrons. The second-order valence-corrected chi connectivity index (χ2v) is 5.76. The average Bonchev–Trinajstić information content (AvgIpc) is 2.60. The molecule has 0 aliphatic heterocycles. The topological polar surface area (TPSA) is 113 Å². The van der Waals surface area contributed by atoms with Crippen molar-refractivity contribution < 1.29 is 18.8 Å². The van der Waals surface area contributed by atoms with Gasteiger partial charge in [0.05, 0.1) is 16.4 Å². The molecular formula is C17H16ClFN4O3. The van der Waals surface area contributed by atoms with Crippen LogP contribution < -0.4 is 21.7 Å². The Morgan fingerprint density at radius 1 is 1.08 bits per heavy atom. The van der Waals surface area contributed by atoms with Crippen molar-refractivity contribution >= 4 is 46.4 Å². The van der Waals surface area contributed by atoms with Crippen molar-refractivity contribution in [3.8, 4) is 0 Å². The minimum atomic E-state index is -1.05. The first kappa shape index (κ1) is 19.2. The van der Waals surface area contributed by atoms with Gasteiger partial charge in [-0.05, 0) is 37.3 Å². The lowest BCUT2D eigenvalue weighted by molar-refractivity contribution is -0.137. The number of hydrogen-bond donors (Lipinski definition) is 4. The Morgan fingerprint density at radius 3 is 2.42 bits per heavy atom. The van der Waals surface area contributed by atoms with E-state index in [1.54, 1.807) is 24.3 Å². The molecule has 0 radical (unpaired) electrons. The molecule has 1 atom stereocenters. The second kappa shape index (κ2) is 8.30. The molecular weight excluding hydrogens is 363 g/mol. The number of nitrogen functional groups attached to an aromatic ring is 1. The summed E-state index contributed by atoms with van der Waals surface area (Å²) >= 11 is 5.54. The van der Waals surface area contributed by atoms with Gasteiger partial charge in [0.2, 0.25) is 5.91 Å². The summed E-state index contributed by atoms with van der Waals surface area (Å²) < 4.78 is 13.3. The Balaban J connectivity index is 1.92. The van der Waals surface area contributed by atoms with Gasteiger partial charge in [-0.3, -0.25) is 14.4 Å². The van der Waals surface area contributed by atoms with Crippen molar-refractivity contribution in [1.29, 1.82) is 0 Å². The first-order valence-electron chi connectivity index (χ1n) is 7.50. The number of nitrogens with two attached hydrogens (primary N) is 1. The number of amides is 3. The third-order valence-corrected chi connectivity index (χ3v) is 3.65. The fourth-order valence-corrected chi connectivity index (χ4v) is 2.06. The third-order valence-electron chi connectivity index (χ3n) is 3.34. The van der Waals surface area contributed by atoms with Gasteiger partial charge in [-0.1, -0.05) is 23.7 Å². The van der Waals surface area contributed by atoms with Crippen LogP contribution in [-0.4, -0.2) is 23.8 Å². The Bertz CT molecular complexity index is 860. The fourth-order valence-electron chi connectivity index (χ4n) is 1.94. The molecule has 0 saturated carbocycles. The van der Waals surface area contributed by atoms with Gasteiger partial charge in [0, 0.05) is 5.69 Å². The third kappa shape index (κ3) is 4.93. The molecule has 0 bridgehead atoms. The normalized spacial score (nSPS) is 11.3. The number of hydrogen-bond acceptors (Lipinski definition) is 4. The molecule has 0 aliphatic carbocycles. The molecule has 3 amide bonds. The monoisotopic (exact) mass is 378 g/mol. The van der Waals surface area contributed by atoms with Gasteiger partial charge < -0.3 is 21.7 Å². The lowest BCUT2D eigenvalue weighted by atomic mass is 10.2. The highest BCUT2D eigenvalue weighted by Crippen LogP contribution is 2.19. The van der Waals surface area contributed by atoms with Crippen molar-refractivity contribution in [2.75, 3.05) is 16.4 Å². The maximum atomic E-state index is 13.3. The maximum Gasteiger partial charge on any atom is 0.313 e. The van der Waals surface area contributed by atoms with Gasteiger partial charge in [0.15, 0.2) is 0 Å². The van der Waals surface area contributed by atoms with Crippen molar-refractivity contribution in [1.82, 2.24) is 5.32 Å². The highest BCUT2D eigenvalue weighted by Gasteiger charge is 2.21. The first-order valence-corrected chi connectivity index (χ1v) is 7.88. The molecule has 0 unspecified atom stereocenters. The Morgan fingerprint density at radius 2 is 1.77 bits per heavy atom. The molecule has 26 heavy (non-hydrogen) atoms. The highest BCUT2D eigenvalue weighted by molar-refractivity contribution is 6.40. The van der Waals surface area contributed by atoms with Crippen molar-refractivity contribution in [2.24, 2.45) is 0 Å². The maximum absolute atomic E-state index is 13.3. The van der Waals surface area contributed by atoms with Crippen LogP contribution in [0, 0.1) is 5.82 Å². The average molecular weight is 379 g/mol. The summed E-state index contributed by atoms with van der Waals surface area (Å²) in [5.41, 5.74) is 6.53. The molecule has 2 rings (SSSR count). The number of anilines is 3. The van der Waals surface area contributed by atoms with E-state index in [-0.39, 0.29) is 10.7 Å². The minimum absolute atomic E-state index is 0.0567. The summed E-state index contributed by atoms with van der Waals surface area (Å²) in [6, 6.07) is 9.15. The summed E-state index contributed by atoms with van der Waals surface area (Å²) in [5, 5.41) is 6.88. The van der Waals surface area contributed by atoms with Crippen LogP contribution in [0.15, 0.2) is 42.5 Å². The largest absolute Gasteiger partial charge is 0.397 e. The molecule has 2 aromatic carbocycles. The van der Waals surface area contributed by atoms with E-state index in [2.05, 4.69) is 16.0 Å². The summed E-state index contributed by atoms with van der Waals surface area (Å²) in [4.78, 5) is 35.8. The molecule has 0 saturated heterocycles. The van der Waals surface area contributed by atoms with Crippen LogP contribution in [-0.2, 0) is 14.4 Å². The lowest BCUT2D eigenvalue weighted by Crippen LogP contribution is -2.46. The molecule has 0 spiro atoms. The zero-order valence-corrected chi connectivity index (χ0v) is 14.4. The number of nitrogens with one attached hydrogen (secondary N) is 3. The summed E-state index contributed by atoms with van der Waals surface area (Å²) in [7, 11) is 0. The minimum Gasteiger partial charge on any atom is -0.397 e. The molecule has 7 nitrogen and oxygen atoms in total. The van der Waals surface area contributed by atoms with E-state index < -0.39 is 29.6 Å². The number of halogens is 2. The number of rotatable bonds is 4. The van der Waals surface area contributed by atoms with Crippen molar-refractivity contribution in [3.05, 3.63) is 53.3 Å². The van der Waals surface area contributed by atoms with Gasteiger partial charge in [-0.15, -0.1) is 0 Å². The summed E-state index contributed by atoms with van der Waals surface area (Å²) in [5.74, 6) is -3.39. The number of para-hydroxylation sites is 2. The summed E-state index contributed by atoms with van der Waals surface area (Å²) in [6.07, 6.45) is 0. The zero-order valence-electron chi connectivity index (χ0n) is 13.7. The van der Waals surface area contributed by atoms with E-state index in [4.69, 9.17) is 17.3 Å². The lowest BCUT2D eigenvalue weighted by Gasteiger charge is -2.15. The van der Waals surface area contributed by atoms with E-state index in [9.17, 15) is 18.8 Å². The Labute approximate surface area is 153 Å². The predicted molar refractivity (Wildman–Crippen MR) is 97.1 cm³/mol. The van der Waals surface area contributed by atoms with Crippen LogP contribution in [0.25, 0.3) is 0 Å². The van der Waals surface area contributed by atoms with Crippen LogP contribution in [0.2, 0.25) is 5.02 Å². The fraction of sp³-hybridized carbons (Fsp3) is 0.118. The quantitative estimate of drug-likeness (QED) is 0.482. The predicted octanol–water partition coefficient (Wildman–Crippen LogP) is 2.14. The van der Waals surface area contributed by atoms with E-state index in [0.717, 1.165) is 6.07 Å². The van der Waals surface area contributed by atoms with Gasteiger partial charge in [-0.25, -0.2) is 4.39 Å². The van der Waals surface area contributed by atoms with Gasteiger partial charge >= 0.3 is 11.8 Å². The van der Waals surface area contributed by atoms with Crippen LogP contribution in [0.1, 0.15) is 6.92 Å². The highest BCUT2D eigenvalue weighted by atomic mass is 35.5. The van der Waals surface area contributed by atoms with Crippen LogP contribution in [0.5, 0.6) is 0 Å². The van der Waals surface area contributed by atoms with Crippen LogP contribution in [0.4, 0.5) is 21.5 Å². The molecule has 0 aliphatic rings. The molecule has 0 fully saturated rings. The van der Waals surface area contributed by atoms with Crippen LogP contribution >= 0.6 is 11.6 Å². The standard InChI is InChI=1S/C17H16ClFN4O3/c1-9(15(24)23-14-5-3-2-4-13(14)20)21-16(25)17(26)22-10-6-7-11(18)12(19)8-10/h2-9H,20H2,1H3,(H,21,25)(H,22,26)(H,23,24)/t9-/m1/s1. The molecule has 9 heteroatoms.